The Hall–Kier alpha value is -2.15. The zero-order valence-electron chi connectivity index (χ0n) is 14.6. The van der Waals surface area contributed by atoms with Crippen LogP contribution in [-0.4, -0.2) is 53.0 Å². The Balaban J connectivity index is 1.66. The van der Waals surface area contributed by atoms with Crippen molar-refractivity contribution in [3.05, 3.63) is 23.9 Å². The molecule has 1 aromatic rings. The maximum Gasteiger partial charge on any atom is 0.237 e. The van der Waals surface area contributed by atoms with Crippen LogP contribution >= 0.6 is 0 Å². The van der Waals surface area contributed by atoms with Crippen LogP contribution in [-0.2, 0) is 9.59 Å². The largest absolute Gasteiger partial charge is 0.387 e. The number of aromatic nitrogens is 1. The van der Waals surface area contributed by atoms with Gasteiger partial charge in [0.1, 0.15) is 5.82 Å². The van der Waals surface area contributed by atoms with E-state index in [-0.39, 0.29) is 17.9 Å². The van der Waals surface area contributed by atoms with Crippen LogP contribution in [0, 0.1) is 5.41 Å². The van der Waals surface area contributed by atoms with Crippen LogP contribution in [0.25, 0.3) is 0 Å². The maximum absolute atomic E-state index is 12.0. The second-order valence-electron chi connectivity index (χ2n) is 7.30. The van der Waals surface area contributed by atoms with Gasteiger partial charge in [-0.25, -0.2) is 4.98 Å². The number of carbonyl (C=O) groups excluding carboxylic acids is 2. The van der Waals surface area contributed by atoms with Gasteiger partial charge >= 0.3 is 0 Å². The van der Waals surface area contributed by atoms with Crippen molar-refractivity contribution in [1.82, 2.24) is 9.88 Å². The molecule has 3 rings (SSSR count). The SMILES string of the molecule is CC(O)c1cccc(N2CCC3(CCC(=O)N(CC(N)=O)C3)CC2)n1. The molecule has 1 spiro atoms. The van der Waals surface area contributed by atoms with Crippen molar-refractivity contribution in [3.63, 3.8) is 0 Å². The Morgan fingerprint density at radius 1 is 1.36 bits per heavy atom. The van der Waals surface area contributed by atoms with Crippen LogP contribution in [0.4, 0.5) is 5.82 Å². The number of hydrogen-bond donors (Lipinski definition) is 2. The van der Waals surface area contributed by atoms with E-state index >= 15 is 0 Å². The normalized spacial score (nSPS) is 21.4. The number of anilines is 1. The van der Waals surface area contributed by atoms with E-state index in [0.717, 1.165) is 38.2 Å². The maximum atomic E-state index is 12.0. The number of rotatable bonds is 4. The third kappa shape index (κ3) is 3.92. The smallest absolute Gasteiger partial charge is 0.237 e. The number of aliphatic hydroxyl groups is 1. The van der Waals surface area contributed by atoms with Gasteiger partial charge in [-0.15, -0.1) is 0 Å². The Bertz CT molecular complexity index is 653. The fourth-order valence-corrected chi connectivity index (χ4v) is 3.90. The molecule has 25 heavy (non-hydrogen) atoms. The van der Waals surface area contributed by atoms with Gasteiger partial charge in [0.25, 0.3) is 0 Å². The highest BCUT2D eigenvalue weighted by molar-refractivity contribution is 5.84. The van der Waals surface area contributed by atoms with Crippen LogP contribution in [0.5, 0.6) is 0 Å². The zero-order valence-corrected chi connectivity index (χ0v) is 14.6. The lowest BCUT2D eigenvalue weighted by molar-refractivity contribution is -0.141. The van der Waals surface area contributed by atoms with Crippen LogP contribution in [0.2, 0.25) is 0 Å². The topological polar surface area (TPSA) is 99.8 Å². The van der Waals surface area contributed by atoms with Gasteiger partial charge in [0, 0.05) is 26.1 Å². The molecule has 3 heterocycles. The van der Waals surface area contributed by atoms with Crippen molar-refractivity contribution in [3.8, 4) is 0 Å². The third-order valence-electron chi connectivity index (χ3n) is 5.43. The first-order chi connectivity index (χ1) is 11.9. The minimum atomic E-state index is -0.581. The Morgan fingerprint density at radius 2 is 2.08 bits per heavy atom. The monoisotopic (exact) mass is 346 g/mol. The van der Waals surface area contributed by atoms with Gasteiger partial charge in [-0.2, -0.15) is 0 Å². The van der Waals surface area contributed by atoms with E-state index in [9.17, 15) is 14.7 Å². The first-order valence-corrected chi connectivity index (χ1v) is 8.85. The van der Waals surface area contributed by atoms with Gasteiger partial charge in [0.05, 0.1) is 18.3 Å². The van der Waals surface area contributed by atoms with E-state index in [1.807, 2.05) is 18.2 Å². The van der Waals surface area contributed by atoms with Crippen molar-refractivity contribution >= 4 is 17.6 Å². The average Bonchev–Trinajstić information content (AvgIpc) is 2.59. The van der Waals surface area contributed by atoms with E-state index in [1.54, 1.807) is 11.8 Å². The summed E-state index contributed by atoms with van der Waals surface area (Å²) in [7, 11) is 0. The van der Waals surface area contributed by atoms with E-state index in [1.165, 1.54) is 0 Å². The highest BCUT2D eigenvalue weighted by Crippen LogP contribution is 2.40. The highest BCUT2D eigenvalue weighted by Gasteiger charge is 2.41. The van der Waals surface area contributed by atoms with Gasteiger partial charge in [-0.05, 0) is 43.7 Å². The molecule has 136 valence electrons. The fraction of sp³-hybridized carbons (Fsp3) is 0.611. The molecular formula is C18H26N4O3. The van der Waals surface area contributed by atoms with Gasteiger partial charge in [0.15, 0.2) is 0 Å². The molecule has 2 amide bonds. The number of nitrogens with zero attached hydrogens (tertiary/aromatic N) is 3. The second-order valence-corrected chi connectivity index (χ2v) is 7.30. The van der Waals surface area contributed by atoms with Crippen LogP contribution < -0.4 is 10.6 Å². The molecule has 0 aliphatic carbocycles. The molecule has 1 atom stereocenters. The van der Waals surface area contributed by atoms with Crippen LogP contribution in [0.1, 0.15) is 44.4 Å². The van der Waals surface area contributed by atoms with Gasteiger partial charge < -0.3 is 20.6 Å². The van der Waals surface area contributed by atoms with Crippen LogP contribution in [0.15, 0.2) is 18.2 Å². The van der Waals surface area contributed by atoms with E-state index in [2.05, 4.69) is 9.88 Å². The molecule has 0 bridgehead atoms. The molecule has 0 radical (unpaired) electrons. The lowest BCUT2D eigenvalue weighted by Gasteiger charge is -2.47. The lowest BCUT2D eigenvalue weighted by Crippen LogP contribution is -2.53. The molecule has 2 saturated heterocycles. The molecule has 1 unspecified atom stereocenters. The summed E-state index contributed by atoms with van der Waals surface area (Å²) in [5.41, 5.74) is 6.02. The minimum Gasteiger partial charge on any atom is -0.387 e. The summed E-state index contributed by atoms with van der Waals surface area (Å²) in [6.07, 6.45) is 2.69. The molecule has 2 aliphatic rings. The van der Waals surface area contributed by atoms with Crippen molar-refractivity contribution in [2.24, 2.45) is 11.1 Å². The molecule has 0 aromatic carbocycles. The van der Waals surface area contributed by atoms with E-state index in [0.29, 0.717) is 18.7 Å². The molecule has 3 N–H and O–H groups in total. The van der Waals surface area contributed by atoms with Crippen molar-refractivity contribution in [1.29, 1.82) is 0 Å². The summed E-state index contributed by atoms with van der Waals surface area (Å²) in [6.45, 7) is 4.06. The first-order valence-electron chi connectivity index (χ1n) is 8.85. The average molecular weight is 346 g/mol. The van der Waals surface area contributed by atoms with E-state index < -0.39 is 12.0 Å². The molecule has 0 saturated carbocycles. The van der Waals surface area contributed by atoms with Gasteiger partial charge in [0.2, 0.25) is 11.8 Å². The molecule has 7 nitrogen and oxygen atoms in total. The van der Waals surface area contributed by atoms with Crippen molar-refractivity contribution < 1.29 is 14.7 Å². The summed E-state index contributed by atoms with van der Waals surface area (Å²) in [5, 5.41) is 9.72. The summed E-state index contributed by atoms with van der Waals surface area (Å²) >= 11 is 0. The summed E-state index contributed by atoms with van der Waals surface area (Å²) in [5.74, 6) is 0.453. The molecule has 2 aliphatic heterocycles. The third-order valence-corrected chi connectivity index (χ3v) is 5.43. The first kappa shape index (κ1) is 17.7. The fourth-order valence-electron chi connectivity index (χ4n) is 3.90. The quantitative estimate of drug-likeness (QED) is 0.841. The summed E-state index contributed by atoms with van der Waals surface area (Å²) in [4.78, 5) is 31.6. The summed E-state index contributed by atoms with van der Waals surface area (Å²) in [6, 6.07) is 5.71. The lowest BCUT2D eigenvalue weighted by atomic mass is 9.72. The van der Waals surface area contributed by atoms with Gasteiger partial charge in [-0.1, -0.05) is 6.07 Å². The number of nitrogens with two attached hydrogens (primary N) is 1. The highest BCUT2D eigenvalue weighted by atomic mass is 16.3. The number of likely N-dealkylation sites (tertiary alicyclic amines) is 1. The summed E-state index contributed by atoms with van der Waals surface area (Å²) < 4.78 is 0. The predicted molar refractivity (Wildman–Crippen MR) is 93.8 cm³/mol. The Morgan fingerprint density at radius 3 is 2.72 bits per heavy atom. The number of hydrogen-bond acceptors (Lipinski definition) is 5. The number of piperidine rings is 2. The number of amides is 2. The van der Waals surface area contributed by atoms with Crippen molar-refractivity contribution in [2.45, 2.75) is 38.7 Å². The Kier molecular flexibility index (Phi) is 4.94. The van der Waals surface area contributed by atoms with E-state index in [4.69, 9.17) is 5.73 Å². The standard InChI is InChI=1S/C18H26N4O3/c1-13(23)14-3-2-4-16(20-14)21-9-7-18(8-10-21)6-5-17(25)22(12-18)11-15(19)24/h2-4,13,23H,5-12H2,1H3,(H2,19,24). The number of carbonyl (C=O) groups is 2. The molecular weight excluding hydrogens is 320 g/mol. The molecule has 2 fully saturated rings. The van der Waals surface area contributed by atoms with Crippen molar-refractivity contribution in [2.75, 3.05) is 31.1 Å². The number of pyridine rings is 1. The number of primary amides is 1. The van der Waals surface area contributed by atoms with Crippen LogP contribution in [0.3, 0.4) is 0 Å². The zero-order chi connectivity index (χ0) is 18.0. The number of aliphatic hydroxyl groups excluding tert-OH is 1. The van der Waals surface area contributed by atoms with Gasteiger partial charge in [-0.3, -0.25) is 9.59 Å². The second kappa shape index (κ2) is 7.00. The Labute approximate surface area is 147 Å². The molecule has 7 heteroatoms. The predicted octanol–water partition coefficient (Wildman–Crippen LogP) is 0.829. The minimum absolute atomic E-state index is 0.0162. The molecule has 1 aromatic heterocycles.